The van der Waals surface area contributed by atoms with E-state index in [1.54, 1.807) is 32.2 Å². The number of benzene rings is 1. The minimum absolute atomic E-state index is 0.0213. The van der Waals surface area contributed by atoms with E-state index in [0.717, 1.165) is 0 Å². The second-order valence-corrected chi connectivity index (χ2v) is 5.45. The van der Waals surface area contributed by atoms with Gasteiger partial charge < -0.3 is 24.4 Å². The highest BCUT2D eigenvalue weighted by atomic mass is 16.5. The third-order valence-corrected chi connectivity index (χ3v) is 3.58. The van der Waals surface area contributed by atoms with Gasteiger partial charge in [-0.1, -0.05) is 5.16 Å². The largest absolute Gasteiger partial charge is 0.497 e. The Morgan fingerprint density at radius 3 is 2.68 bits per heavy atom. The first-order valence-corrected chi connectivity index (χ1v) is 7.66. The molecule has 134 valence electrons. The van der Waals surface area contributed by atoms with Gasteiger partial charge in [-0.05, 0) is 31.5 Å². The highest BCUT2D eigenvalue weighted by Gasteiger charge is 2.18. The van der Waals surface area contributed by atoms with Gasteiger partial charge in [-0.15, -0.1) is 0 Å². The summed E-state index contributed by atoms with van der Waals surface area (Å²) in [7, 11) is 3.07. The predicted molar refractivity (Wildman–Crippen MR) is 88.8 cm³/mol. The number of methoxy groups -OCH3 is 2. The molecule has 8 heteroatoms. The fourth-order valence-corrected chi connectivity index (χ4v) is 2.23. The van der Waals surface area contributed by atoms with Gasteiger partial charge >= 0.3 is 5.97 Å². The summed E-state index contributed by atoms with van der Waals surface area (Å²) in [6.45, 7) is 1.73. The van der Waals surface area contributed by atoms with E-state index >= 15 is 0 Å². The molecule has 0 bridgehead atoms. The number of amides is 1. The molecular formula is C17H20N2O6. The van der Waals surface area contributed by atoms with E-state index in [-0.39, 0.29) is 18.2 Å². The lowest BCUT2D eigenvalue weighted by atomic mass is 10.1. The Balaban J connectivity index is 2.14. The third-order valence-electron chi connectivity index (χ3n) is 3.58. The summed E-state index contributed by atoms with van der Waals surface area (Å²) < 4.78 is 15.7. The number of hydrogen-bond acceptors (Lipinski definition) is 6. The lowest BCUT2D eigenvalue weighted by molar-refractivity contribution is -0.137. The van der Waals surface area contributed by atoms with Crippen molar-refractivity contribution in [2.24, 2.45) is 0 Å². The van der Waals surface area contributed by atoms with Crippen molar-refractivity contribution in [2.75, 3.05) is 14.2 Å². The Labute approximate surface area is 144 Å². The maximum atomic E-state index is 12.2. The maximum Gasteiger partial charge on any atom is 0.303 e. The molecule has 8 nitrogen and oxygen atoms in total. The van der Waals surface area contributed by atoms with E-state index in [1.165, 1.54) is 13.2 Å². The van der Waals surface area contributed by atoms with Crippen LogP contribution in [-0.2, 0) is 4.79 Å². The summed E-state index contributed by atoms with van der Waals surface area (Å²) in [5, 5.41) is 15.1. The molecule has 2 rings (SSSR count). The van der Waals surface area contributed by atoms with E-state index in [0.29, 0.717) is 29.2 Å². The van der Waals surface area contributed by atoms with E-state index in [2.05, 4.69) is 10.5 Å². The Hall–Kier alpha value is -3.03. The number of rotatable bonds is 8. The predicted octanol–water partition coefficient (Wildman–Crippen LogP) is 2.34. The van der Waals surface area contributed by atoms with Crippen molar-refractivity contribution in [1.82, 2.24) is 10.5 Å². The Bertz CT molecular complexity index is 755. The van der Waals surface area contributed by atoms with Crippen LogP contribution in [-0.4, -0.2) is 42.4 Å². The lowest BCUT2D eigenvalue weighted by Gasteiger charge is -2.10. The molecule has 1 heterocycles. The SMILES string of the molecule is COc1ccc(OC)c(-c2cc(C(=O)N[C@@H](C)CCC(=O)O)no2)c1. The molecule has 0 aliphatic rings. The number of nitrogens with zero attached hydrogens (tertiary/aromatic N) is 1. The first-order chi connectivity index (χ1) is 11.9. The van der Waals surface area contributed by atoms with Gasteiger partial charge in [0.05, 0.1) is 19.8 Å². The first kappa shape index (κ1) is 18.3. The highest BCUT2D eigenvalue weighted by molar-refractivity contribution is 5.93. The molecule has 1 atom stereocenters. The summed E-state index contributed by atoms with van der Waals surface area (Å²) in [5.74, 6) is 0.183. The lowest BCUT2D eigenvalue weighted by Crippen LogP contribution is -2.33. The third kappa shape index (κ3) is 4.72. The second kappa shape index (κ2) is 8.18. The van der Waals surface area contributed by atoms with E-state index in [9.17, 15) is 9.59 Å². The van der Waals surface area contributed by atoms with Crippen molar-refractivity contribution < 1.29 is 28.7 Å². The van der Waals surface area contributed by atoms with Crippen LogP contribution in [0.1, 0.15) is 30.3 Å². The van der Waals surface area contributed by atoms with Gasteiger partial charge in [0.1, 0.15) is 11.5 Å². The molecule has 1 aromatic heterocycles. The van der Waals surface area contributed by atoms with Gasteiger partial charge in [-0.3, -0.25) is 9.59 Å². The molecule has 0 aliphatic heterocycles. The average Bonchev–Trinajstić information content (AvgIpc) is 3.09. The van der Waals surface area contributed by atoms with Crippen molar-refractivity contribution in [3.63, 3.8) is 0 Å². The quantitative estimate of drug-likeness (QED) is 0.753. The molecule has 2 aromatic rings. The molecule has 1 aromatic carbocycles. The van der Waals surface area contributed by atoms with Crippen LogP contribution in [0.5, 0.6) is 11.5 Å². The number of aromatic nitrogens is 1. The van der Waals surface area contributed by atoms with E-state index in [4.69, 9.17) is 19.1 Å². The number of ether oxygens (including phenoxy) is 2. The van der Waals surface area contributed by atoms with Crippen LogP contribution < -0.4 is 14.8 Å². The molecule has 0 saturated heterocycles. The normalized spacial score (nSPS) is 11.6. The summed E-state index contributed by atoms with van der Waals surface area (Å²) in [4.78, 5) is 22.8. The molecule has 0 fully saturated rings. The minimum Gasteiger partial charge on any atom is -0.497 e. The number of aliphatic carboxylic acids is 1. The Kier molecular flexibility index (Phi) is 5.99. The number of carboxylic acid groups (broad SMARTS) is 1. The van der Waals surface area contributed by atoms with Gasteiger partial charge in [0.15, 0.2) is 11.5 Å². The summed E-state index contributed by atoms with van der Waals surface area (Å²) in [6, 6.07) is 6.39. The minimum atomic E-state index is -0.907. The standard InChI is InChI=1S/C17H20N2O6/c1-10(4-7-16(20)21)18-17(22)13-9-15(25-19-13)12-8-11(23-2)5-6-14(12)24-3/h5-6,8-10H,4,7H2,1-3H3,(H,18,22)(H,20,21)/t10-/m0/s1. The highest BCUT2D eigenvalue weighted by Crippen LogP contribution is 2.33. The fraction of sp³-hybridized carbons (Fsp3) is 0.353. The number of carboxylic acids is 1. The van der Waals surface area contributed by atoms with Crippen molar-refractivity contribution in [3.8, 4) is 22.8 Å². The van der Waals surface area contributed by atoms with Crippen LogP contribution in [0.4, 0.5) is 0 Å². The average molecular weight is 348 g/mol. The topological polar surface area (TPSA) is 111 Å². The zero-order chi connectivity index (χ0) is 18.4. The van der Waals surface area contributed by atoms with Gasteiger partial charge in [0.2, 0.25) is 0 Å². The van der Waals surface area contributed by atoms with E-state index < -0.39 is 11.9 Å². The molecule has 0 radical (unpaired) electrons. The smallest absolute Gasteiger partial charge is 0.303 e. The number of carbonyl (C=O) groups is 2. The van der Waals surface area contributed by atoms with Crippen LogP contribution in [0.15, 0.2) is 28.8 Å². The van der Waals surface area contributed by atoms with Gasteiger partial charge in [-0.25, -0.2) is 0 Å². The number of nitrogens with one attached hydrogen (secondary N) is 1. The Morgan fingerprint density at radius 2 is 2.04 bits per heavy atom. The summed E-state index contributed by atoms with van der Waals surface area (Å²) in [5.41, 5.74) is 0.703. The first-order valence-electron chi connectivity index (χ1n) is 7.66. The van der Waals surface area contributed by atoms with Crippen LogP contribution in [0, 0.1) is 0 Å². The molecule has 0 spiro atoms. The summed E-state index contributed by atoms with van der Waals surface area (Å²) >= 11 is 0. The molecule has 1 amide bonds. The molecular weight excluding hydrogens is 328 g/mol. The molecule has 2 N–H and O–H groups in total. The fourth-order valence-electron chi connectivity index (χ4n) is 2.23. The monoisotopic (exact) mass is 348 g/mol. The number of hydrogen-bond donors (Lipinski definition) is 2. The molecule has 0 aliphatic carbocycles. The zero-order valence-corrected chi connectivity index (χ0v) is 14.2. The van der Waals surface area contributed by atoms with Crippen molar-refractivity contribution in [1.29, 1.82) is 0 Å². The Morgan fingerprint density at radius 1 is 1.28 bits per heavy atom. The molecule has 0 unspecified atom stereocenters. The van der Waals surface area contributed by atoms with Gasteiger partial charge in [0, 0.05) is 18.5 Å². The molecule has 0 saturated carbocycles. The van der Waals surface area contributed by atoms with Gasteiger partial charge in [0.25, 0.3) is 5.91 Å². The zero-order valence-electron chi connectivity index (χ0n) is 14.2. The van der Waals surface area contributed by atoms with Crippen LogP contribution >= 0.6 is 0 Å². The van der Waals surface area contributed by atoms with E-state index in [1.807, 2.05) is 0 Å². The van der Waals surface area contributed by atoms with Crippen molar-refractivity contribution in [3.05, 3.63) is 30.0 Å². The maximum absolute atomic E-state index is 12.2. The van der Waals surface area contributed by atoms with Crippen molar-refractivity contribution in [2.45, 2.75) is 25.8 Å². The van der Waals surface area contributed by atoms with Crippen LogP contribution in [0.3, 0.4) is 0 Å². The molecule has 25 heavy (non-hydrogen) atoms. The summed E-state index contributed by atoms with van der Waals surface area (Å²) in [6.07, 6.45) is 0.308. The van der Waals surface area contributed by atoms with Crippen molar-refractivity contribution >= 4 is 11.9 Å². The second-order valence-electron chi connectivity index (χ2n) is 5.45. The van der Waals surface area contributed by atoms with Crippen LogP contribution in [0.2, 0.25) is 0 Å². The van der Waals surface area contributed by atoms with Crippen LogP contribution in [0.25, 0.3) is 11.3 Å². The van der Waals surface area contributed by atoms with Gasteiger partial charge in [-0.2, -0.15) is 0 Å². The number of carbonyl (C=O) groups excluding carboxylic acids is 1.